The number of nitrogens with zero attached hydrogens (tertiary/aromatic N) is 2. The summed E-state index contributed by atoms with van der Waals surface area (Å²) in [6.07, 6.45) is 2.67. The van der Waals surface area contributed by atoms with Gasteiger partial charge in [-0.05, 0) is 12.8 Å². The molecule has 5 N–H and O–H groups in total. The molecule has 0 unspecified atom stereocenters. The van der Waals surface area contributed by atoms with Crippen LogP contribution in [0.5, 0.6) is 0 Å². The molecular formula is C10H15N5OS. The van der Waals surface area contributed by atoms with Crippen LogP contribution in [0.2, 0.25) is 0 Å². The lowest BCUT2D eigenvalue weighted by molar-refractivity contribution is -0.120. The minimum atomic E-state index is 0.0804. The maximum Gasteiger partial charge on any atom is 0.221 e. The largest absolute Gasteiger partial charge is 0.383 e. The van der Waals surface area contributed by atoms with Crippen molar-refractivity contribution in [3.8, 4) is 0 Å². The molecule has 0 aromatic carbocycles. The fourth-order valence-electron chi connectivity index (χ4n) is 1.29. The molecule has 92 valence electrons. The van der Waals surface area contributed by atoms with Gasteiger partial charge in [-0.1, -0.05) is 11.8 Å². The van der Waals surface area contributed by atoms with Gasteiger partial charge in [0.05, 0.1) is 0 Å². The first-order valence-corrected chi connectivity index (χ1v) is 6.44. The Hall–Kier alpha value is -1.50. The van der Waals surface area contributed by atoms with Crippen molar-refractivity contribution in [3.63, 3.8) is 0 Å². The highest BCUT2D eigenvalue weighted by atomic mass is 32.2. The molecule has 1 heterocycles. The van der Waals surface area contributed by atoms with Crippen LogP contribution in [-0.4, -0.2) is 27.7 Å². The minimum Gasteiger partial charge on any atom is -0.383 e. The predicted molar refractivity (Wildman–Crippen MR) is 67.4 cm³/mol. The van der Waals surface area contributed by atoms with Gasteiger partial charge < -0.3 is 16.8 Å². The Kier molecular flexibility index (Phi) is 3.68. The summed E-state index contributed by atoms with van der Waals surface area (Å²) in [4.78, 5) is 19.4. The van der Waals surface area contributed by atoms with Gasteiger partial charge in [0.15, 0.2) is 5.16 Å². The molecule has 1 aliphatic carbocycles. The van der Waals surface area contributed by atoms with Crippen molar-refractivity contribution >= 4 is 29.3 Å². The zero-order valence-corrected chi connectivity index (χ0v) is 10.2. The monoisotopic (exact) mass is 253 g/mol. The van der Waals surface area contributed by atoms with Gasteiger partial charge in [-0.2, -0.15) is 0 Å². The van der Waals surface area contributed by atoms with Crippen molar-refractivity contribution in [2.24, 2.45) is 0 Å². The summed E-state index contributed by atoms with van der Waals surface area (Å²) in [5.41, 5.74) is 11.1. The van der Waals surface area contributed by atoms with E-state index in [2.05, 4.69) is 15.3 Å². The molecule has 7 heteroatoms. The summed E-state index contributed by atoms with van der Waals surface area (Å²) in [5, 5.41) is 3.44. The smallest absolute Gasteiger partial charge is 0.221 e. The highest BCUT2D eigenvalue weighted by molar-refractivity contribution is 7.99. The summed E-state index contributed by atoms with van der Waals surface area (Å²) >= 11 is 1.38. The van der Waals surface area contributed by atoms with Crippen LogP contribution < -0.4 is 16.8 Å². The number of hydrogen-bond acceptors (Lipinski definition) is 6. The normalized spacial score (nSPS) is 14.6. The third kappa shape index (κ3) is 4.10. The van der Waals surface area contributed by atoms with Crippen LogP contribution in [0.15, 0.2) is 11.2 Å². The second kappa shape index (κ2) is 5.22. The first-order chi connectivity index (χ1) is 8.13. The lowest BCUT2D eigenvalue weighted by Crippen LogP contribution is -2.25. The molecule has 0 radical (unpaired) electrons. The number of nitrogen functional groups attached to an aromatic ring is 2. The number of anilines is 2. The van der Waals surface area contributed by atoms with E-state index in [0.717, 1.165) is 12.8 Å². The molecule has 1 saturated carbocycles. The summed E-state index contributed by atoms with van der Waals surface area (Å²) in [5.74, 6) is 1.41. The molecule has 1 fully saturated rings. The number of amides is 1. The van der Waals surface area contributed by atoms with E-state index in [0.29, 0.717) is 35.0 Å². The summed E-state index contributed by atoms with van der Waals surface area (Å²) in [7, 11) is 0. The van der Waals surface area contributed by atoms with Crippen molar-refractivity contribution in [3.05, 3.63) is 6.07 Å². The zero-order valence-electron chi connectivity index (χ0n) is 9.35. The van der Waals surface area contributed by atoms with Gasteiger partial charge in [0.1, 0.15) is 11.6 Å². The van der Waals surface area contributed by atoms with Crippen LogP contribution in [0.4, 0.5) is 11.6 Å². The maximum absolute atomic E-state index is 11.4. The van der Waals surface area contributed by atoms with Gasteiger partial charge in [0, 0.05) is 24.3 Å². The summed E-state index contributed by atoms with van der Waals surface area (Å²) < 4.78 is 0. The molecule has 0 spiro atoms. The van der Waals surface area contributed by atoms with Gasteiger partial charge in [0.25, 0.3) is 0 Å². The minimum absolute atomic E-state index is 0.0804. The third-order valence-electron chi connectivity index (χ3n) is 2.25. The van der Waals surface area contributed by atoms with E-state index in [1.54, 1.807) is 0 Å². The molecule has 1 amide bonds. The molecule has 1 aromatic heterocycles. The zero-order chi connectivity index (χ0) is 12.3. The molecule has 0 saturated heterocycles. The topological polar surface area (TPSA) is 107 Å². The van der Waals surface area contributed by atoms with Crippen molar-refractivity contribution in [1.82, 2.24) is 15.3 Å². The molecule has 0 atom stereocenters. The van der Waals surface area contributed by atoms with Gasteiger partial charge in [0.2, 0.25) is 5.91 Å². The SMILES string of the molecule is Nc1cc(N)nc(SCCC(=O)NC2CC2)n1. The highest BCUT2D eigenvalue weighted by Crippen LogP contribution is 2.20. The van der Waals surface area contributed by atoms with E-state index >= 15 is 0 Å². The fourth-order valence-corrected chi connectivity index (χ4v) is 2.10. The number of hydrogen-bond donors (Lipinski definition) is 3. The first kappa shape index (κ1) is 12.0. The van der Waals surface area contributed by atoms with Crippen LogP contribution in [0.1, 0.15) is 19.3 Å². The Morgan fingerprint density at radius 3 is 2.65 bits per heavy atom. The summed E-state index contributed by atoms with van der Waals surface area (Å²) in [6, 6.07) is 1.91. The van der Waals surface area contributed by atoms with Crippen LogP contribution in [0.3, 0.4) is 0 Å². The van der Waals surface area contributed by atoms with E-state index in [1.807, 2.05) is 0 Å². The summed E-state index contributed by atoms with van der Waals surface area (Å²) in [6.45, 7) is 0. The maximum atomic E-state index is 11.4. The molecular weight excluding hydrogens is 238 g/mol. The Labute approximate surface area is 104 Å². The Morgan fingerprint density at radius 1 is 1.41 bits per heavy atom. The van der Waals surface area contributed by atoms with E-state index in [-0.39, 0.29) is 5.91 Å². The average molecular weight is 253 g/mol. The number of rotatable bonds is 5. The van der Waals surface area contributed by atoms with Gasteiger partial charge in [-0.3, -0.25) is 4.79 Å². The van der Waals surface area contributed by atoms with E-state index in [4.69, 9.17) is 11.5 Å². The van der Waals surface area contributed by atoms with Crippen LogP contribution in [-0.2, 0) is 4.79 Å². The lowest BCUT2D eigenvalue weighted by atomic mass is 10.4. The van der Waals surface area contributed by atoms with Gasteiger partial charge in [-0.25, -0.2) is 9.97 Å². The predicted octanol–water partition coefficient (Wildman–Crippen LogP) is 0.402. The lowest BCUT2D eigenvalue weighted by Gasteiger charge is -2.03. The first-order valence-electron chi connectivity index (χ1n) is 5.45. The Bertz CT molecular complexity index is 401. The molecule has 17 heavy (non-hydrogen) atoms. The molecule has 1 aliphatic rings. The molecule has 6 nitrogen and oxygen atoms in total. The quantitative estimate of drug-likeness (QED) is 0.518. The van der Waals surface area contributed by atoms with E-state index in [9.17, 15) is 4.79 Å². The van der Waals surface area contributed by atoms with Crippen molar-refractivity contribution < 1.29 is 4.79 Å². The van der Waals surface area contributed by atoms with Crippen LogP contribution in [0, 0.1) is 0 Å². The standard InChI is InChI=1S/C10H15N5OS/c11-7-5-8(12)15-10(14-7)17-4-3-9(16)13-6-1-2-6/h5-6H,1-4H2,(H,13,16)(H4,11,12,14,15). The van der Waals surface area contributed by atoms with E-state index < -0.39 is 0 Å². The average Bonchev–Trinajstić information content (AvgIpc) is 3.00. The van der Waals surface area contributed by atoms with Gasteiger partial charge in [-0.15, -0.1) is 0 Å². The number of thioether (sulfide) groups is 1. The number of nitrogens with two attached hydrogens (primary N) is 2. The number of aromatic nitrogens is 2. The van der Waals surface area contributed by atoms with Crippen molar-refractivity contribution in [1.29, 1.82) is 0 Å². The van der Waals surface area contributed by atoms with Crippen molar-refractivity contribution in [2.45, 2.75) is 30.5 Å². The molecule has 2 rings (SSSR count). The number of carbonyl (C=O) groups is 1. The third-order valence-corrected chi connectivity index (χ3v) is 3.10. The Balaban J connectivity index is 1.74. The molecule has 0 bridgehead atoms. The second-order valence-corrected chi connectivity index (χ2v) is 5.00. The Morgan fingerprint density at radius 2 is 2.06 bits per heavy atom. The fraction of sp³-hybridized carbons (Fsp3) is 0.500. The highest BCUT2D eigenvalue weighted by Gasteiger charge is 2.22. The van der Waals surface area contributed by atoms with Crippen molar-refractivity contribution in [2.75, 3.05) is 17.2 Å². The second-order valence-electron chi connectivity index (χ2n) is 3.94. The number of nitrogens with one attached hydrogen (secondary N) is 1. The number of carbonyl (C=O) groups excluding carboxylic acids is 1. The molecule has 1 aromatic rings. The van der Waals surface area contributed by atoms with Crippen LogP contribution in [0.25, 0.3) is 0 Å². The van der Waals surface area contributed by atoms with Gasteiger partial charge >= 0.3 is 0 Å². The van der Waals surface area contributed by atoms with Crippen LogP contribution >= 0.6 is 11.8 Å². The molecule has 0 aliphatic heterocycles. The van der Waals surface area contributed by atoms with E-state index in [1.165, 1.54) is 17.8 Å².